The molecule has 2 fully saturated rings. The van der Waals surface area contributed by atoms with Crippen molar-refractivity contribution in [2.75, 3.05) is 0 Å². The van der Waals surface area contributed by atoms with Gasteiger partial charge in [0.2, 0.25) is 0 Å². The maximum Gasteiger partial charge on any atom is 0.156 e. The maximum absolute atomic E-state index is 11.9. The van der Waals surface area contributed by atoms with Crippen LogP contribution in [0.25, 0.3) is 0 Å². The van der Waals surface area contributed by atoms with Crippen LogP contribution in [0.2, 0.25) is 0 Å². The standard InChI is InChI=1S/C23H31NO/c1-15(10-13-24)19-6-7-20-18-5-4-16-14-17(25)8-11-22(16,2)21(18)9-12-23(19,20)3/h4-5,14-15,18-21H,6-12H2,1-3H3/t15-,18-,19+,20-,21-,22-,23+/m0/s1. The van der Waals surface area contributed by atoms with Gasteiger partial charge in [-0.1, -0.05) is 32.9 Å². The van der Waals surface area contributed by atoms with Crippen molar-refractivity contribution in [3.8, 4) is 6.07 Å². The van der Waals surface area contributed by atoms with Crippen LogP contribution in [0.4, 0.5) is 0 Å². The Morgan fingerprint density at radius 3 is 2.80 bits per heavy atom. The number of nitriles is 1. The maximum atomic E-state index is 11.9. The summed E-state index contributed by atoms with van der Waals surface area (Å²) in [7, 11) is 0. The van der Waals surface area contributed by atoms with Gasteiger partial charge in [-0.05, 0) is 84.2 Å². The van der Waals surface area contributed by atoms with Crippen molar-refractivity contribution in [2.45, 2.75) is 65.7 Å². The van der Waals surface area contributed by atoms with Crippen molar-refractivity contribution in [3.05, 3.63) is 23.8 Å². The number of rotatable bonds is 2. The Kier molecular flexibility index (Phi) is 3.98. The lowest BCUT2D eigenvalue weighted by molar-refractivity contribution is -0.116. The Labute approximate surface area is 152 Å². The highest BCUT2D eigenvalue weighted by Gasteiger charge is 2.58. The largest absolute Gasteiger partial charge is 0.295 e. The highest BCUT2D eigenvalue weighted by Crippen LogP contribution is 2.66. The van der Waals surface area contributed by atoms with Crippen molar-refractivity contribution in [3.63, 3.8) is 0 Å². The molecule has 2 saturated carbocycles. The third-order valence-corrected chi connectivity index (χ3v) is 8.69. The number of fused-ring (bicyclic) bond motifs is 5. The van der Waals surface area contributed by atoms with Gasteiger partial charge in [0.15, 0.2) is 5.78 Å². The number of hydrogen-bond donors (Lipinski definition) is 0. The summed E-state index contributed by atoms with van der Waals surface area (Å²) in [5.41, 5.74) is 1.88. The van der Waals surface area contributed by atoms with E-state index in [-0.39, 0.29) is 5.41 Å². The Morgan fingerprint density at radius 1 is 1.24 bits per heavy atom. The van der Waals surface area contributed by atoms with Gasteiger partial charge < -0.3 is 0 Å². The van der Waals surface area contributed by atoms with E-state index in [0.717, 1.165) is 18.8 Å². The zero-order valence-electron chi connectivity index (χ0n) is 15.9. The highest BCUT2D eigenvalue weighted by molar-refractivity contribution is 5.92. The number of carbonyl (C=O) groups excluding carboxylic acids is 1. The number of nitrogens with zero attached hydrogens (tertiary/aromatic N) is 1. The second-order valence-electron chi connectivity index (χ2n) is 9.70. The lowest BCUT2D eigenvalue weighted by Gasteiger charge is -2.56. The topological polar surface area (TPSA) is 40.9 Å². The monoisotopic (exact) mass is 337 g/mol. The summed E-state index contributed by atoms with van der Waals surface area (Å²) < 4.78 is 0. The smallest absolute Gasteiger partial charge is 0.156 e. The quantitative estimate of drug-likeness (QED) is 0.671. The average Bonchev–Trinajstić information content (AvgIpc) is 2.93. The summed E-state index contributed by atoms with van der Waals surface area (Å²) >= 11 is 0. The van der Waals surface area contributed by atoms with E-state index < -0.39 is 0 Å². The first-order valence-corrected chi connectivity index (χ1v) is 10.2. The van der Waals surface area contributed by atoms with Crippen LogP contribution in [0.15, 0.2) is 23.8 Å². The van der Waals surface area contributed by atoms with Gasteiger partial charge in [-0.2, -0.15) is 5.26 Å². The Morgan fingerprint density at radius 2 is 2.04 bits per heavy atom. The van der Waals surface area contributed by atoms with Crippen molar-refractivity contribution in [1.29, 1.82) is 5.26 Å². The molecule has 0 aromatic heterocycles. The Hall–Kier alpha value is -1.36. The molecule has 0 N–H and O–H groups in total. The van der Waals surface area contributed by atoms with Crippen LogP contribution >= 0.6 is 0 Å². The fourth-order valence-corrected chi connectivity index (χ4v) is 7.26. The van der Waals surface area contributed by atoms with Crippen LogP contribution in [0.3, 0.4) is 0 Å². The first-order valence-electron chi connectivity index (χ1n) is 10.2. The van der Waals surface area contributed by atoms with Gasteiger partial charge in [0.25, 0.3) is 0 Å². The number of hydrogen-bond acceptors (Lipinski definition) is 2. The van der Waals surface area contributed by atoms with Crippen molar-refractivity contribution < 1.29 is 4.79 Å². The van der Waals surface area contributed by atoms with Gasteiger partial charge >= 0.3 is 0 Å². The molecule has 134 valence electrons. The van der Waals surface area contributed by atoms with Gasteiger partial charge in [0.1, 0.15) is 0 Å². The minimum absolute atomic E-state index is 0.199. The molecule has 0 radical (unpaired) electrons. The molecule has 0 aromatic carbocycles. The zero-order chi connectivity index (χ0) is 17.8. The van der Waals surface area contributed by atoms with Crippen LogP contribution < -0.4 is 0 Å². The molecule has 4 aliphatic rings. The molecule has 0 aromatic rings. The van der Waals surface area contributed by atoms with E-state index in [9.17, 15) is 4.79 Å². The van der Waals surface area contributed by atoms with E-state index in [4.69, 9.17) is 5.26 Å². The minimum atomic E-state index is 0.199. The third kappa shape index (κ3) is 2.38. The first kappa shape index (κ1) is 17.1. The highest BCUT2D eigenvalue weighted by atomic mass is 16.1. The summed E-state index contributed by atoms with van der Waals surface area (Å²) in [6.45, 7) is 7.23. The van der Waals surface area contributed by atoms with Gasteiger partial charge in [-0.15, -0.1) is 0 Å². The van der Waals surface area contributed by atoms with Crippen molar-refractivity contribution in [2.24, 2.45) is 40.4 Å². The van der Waals surface area contributed by atoms with Crippen LogP contribution in [0.5, 0.6) is 0 Å². The van der Waals surface area contributed by atoms with Crippen molar-refractivity contribution >= 4 is 5.78 Å². The number of carbonyl (C=O) groups is 1. The normalized spacial score (nSPS) is 46.5. The molecule has 7 atom stereocenters. The molecule has 0 amide bonds. The number of allylic oxidation sites excluding steroid dienone is 4. The van der Waals surface area contributed by atoms with Crippen LogP contribution in [0, 0.1) is 51.8 Å². The summed E-state index contributed by atoms with van der Waals surface area (Å²) in [5.74, 6) is 3.63. The van der Waals surface area contributed by atoms with Gasteiger partial charge in [-0.25, -0.2) is 0 Å². The molecule has 0 saturated heterocycles. The summed E-state index contributed by atoms with van der Waals surface area (Å²) in [5, 5.41) is 9.15. The minimum Gasteiger partial charge on any atom is -0.295 e. The van der Waals surface area contributed by atoms with Crippen LogP contribution in [-0.2, 0) is 4.79 Å². The lowest BCUT2D eigenvalue weighted by atomic mass is 9.48. The molecule has 2 heteroatoms. The summed E-state index contributed by atoms with van der Waals surface area (Å²) in [6, 6.07) is 2.41. The molecule has 2 nitrogen and oxygen atoms in total. The van der Waals surface area contributed by atoms with Gasteiger partial charge in [0.05, 0.1) is 6.07 Å². The zero-order valence-corrected chi connectivity index (χ0v) is 15.9. The average molecular weight is 338 g/mol. The third-order valence-electron chi connectivity index (χ3n) is 8.69. The van der Waals surface area contributed by atoms with Gasteiger partial charge in [0, 0.05) is 12.8 Å². The van der Waals surface area contributed by atoms with E-state index >= 15 is 0 Å². The van der Waals surface area contributed by atoms with Gasteiger partial charge in [-0.3, -0.25) is 4.79 Å². The van der Waals surface area contributed by atoms with Crippen LogP contribution in [0.1, 0.15) is 65.7 Å². The van der Waals surface area contributed by atoms with Crippen LogP contribution in [-0.4, -0.2) is 5.78 Å². The number of ketones is 1. The van der Waals surface area contributed by atoms with E-state index in [1.165, 1.54) is 31.3 Å². The molecule has 4 aliphatic carbocycles. The molecular formula is C23H31NO. The molecule has 0 bridgehead atoms. The fourth-order valence-electron chi connectivity index (χ4n) is 7.26. The second kappa shape index (κ2) is 5.83. The SMILES string of the molecule is C[C@@H](CC#N)[C@H]1CC[C@H]2[C@@H]3C=CC4=CC(=O)CC[C@]4(C)[C@H]3CC[C@]12C. The molecular weight excluding hydrogens is 306 g/mol. The Balaban J connectivity index is 1.66. The van der Waals surface area contributed by atoms with E-state index in [2.05, 4.69) is 39.0 Å². The van der Waals surface area contributed by atoms with E-state index in [1.807, 2.05) is 6.08 Å². The molecule has 4 rings (SSSR count). The molecule has 0 heterocycles. The predicted octanol–water partition coefficient (Wildman–Crippen LogP) is 5.46. The molecule has 0 aliphatic heterocycles. The second-order valence-corrected chi connectivity index (χ2v) is 9.70. The predicted molar refractivity (Wildman–Crippen MR) is 99.5 cm³/mol. The molecule has 0 spiro atoms. The lowest BCUT2D eigenvalue weighted by Crippen LogP contribution is -2.49. The fraction of sp³-hybridized carbons (Fsp3) is 0.739. The summed E-state index contributed by atoms with van der Waals surface area (Å²) in [6.07, 6.45) is 14.3. The molecule has 25 heavy (non-hydrogen) atoms. The van der Waals surface area contributed by atoms with E-state index in [0.29, 0.717) is 41.3 Å². The Bertz CT molecular complexity index is 683. The van der Waals surface area contributed by atoms with E-state index in [1.54, 1.807) is 0 Å². The first-order chi connectivity index (χ1) is 11.9. The van der Waals surface area contributed by atoms with Crippen molar-refractivity contribution in [1.82, 2.24) is 0 Å². The summed E-state index contributed by atoms with van der Waals surface area (Å²) in [4.78, 5) is 11.9. The molecule has 0 unspecified atom stereocenters.